The van der Waals surface area contributed by atoms with Crippen molar-refractivity contribution in [3.63, 3.8) is 0 Å². The van der Waals surface area contributed by atoms with Gasteiger partial charge in [0.2, 0.25) is 0 Å². The van der Waals surface area contributed by atoms with Gasteiger partial charge in [-0.05, 0) is 47.7 Å². The third-order valence-electron chi connectivity index (χ3n) is 4.92. The summed E-state index contributed by atoms with van der Waals surface area (Å²) in [5.74, 6) is 1.34. The maximum atomic E-state index is 12.2. The lowest BCUT2D eigenvalue weighted by molar-refractivity contribution is 0.0807. The van der Waals surface area contributed by atoms with Crippen LogP contribution in [-0.2, 0) is 11.3 Å². The third kappa shape index (κ3) is 5.29. The Morgan fingerprint density at radius 2 is 2.17 bits per heavy atom. The number of carbonyl (C=O) groups is 1. The monoisotopic (exact) mass is 414 g/mol. The highest BCUT2D eigenvalue weighted by molar-refractivity contribution is 7.09. The molecule has 4 rings (SSSR count). The van der Waals surface area contributed by atoms with Gasteiger partial charge in [-0.15, -0.1) is 16.4 Å². The second-order valence-corrected chi connectivity index (χ2v) is 7.81. The molecule has 1 fully saturated rings. The van der Waals surface area contributed by atoms with Crippen molar-refractivity contribution in [1.82, 2.24) is 30.1 Å². The molecule has 1 aromatic carbocycles. The fourth-order valence-corrected chi connectivity index (χ4v) is 3.79. The van der Waals surface area contributed by atoms with Gasteiger partial charge in [-0.3, -0.25) is 4.98 Å². The summed E-state index contributed by atoms with van der Waals surface area (Å²) in [5.41, 5.74) is 2.59. The molecule has 0 N–H and O–H groups in total. The number of hydrogen-bond donors (Lipinski definition) is 0. The summed E-state index contributed by atoms with van der Waals surface area (Å²) in [5, 5.41) is 11.2. The Hall–Kier alpha value is -3.01. The van der Waals surface area contributed by atoms with Crippen molar-refractivity contribution in [3.8, 4) is 11.4 Å². The number of nitrogens with zero attached hydrogens (tertiary/aromatic N) is 6. The molecule has 0 aliphatic carbocycles. The number of aromatic nitrogens is 5. The molecule has 0 unspecified atom stereocenters. The first-order valence-corrected chi connectivity index (χ1v) is 10.4. The van der Waals surface area contributed by atoms with E-state index >= 15 is 0 Å². The van der Waals surface area contributed by atoms with E-state index in [1.54, 1.807) is 27.6 Å². The van der Waals surface area contributed by atoms with Crippen LogP contribution in [-0.4, -0.2) is 55.9 Å². The Kier molecular flexibility index (Phi) is 6.30. The molecule has 0 radical (unpaired) electrons. The standard InChI is InChI=1S/C19H22N6O3S/c26-19(28-12-18-11-20-14-29-18)24-7-4-15(5-8-24)6-9-27-17-3-1-2-16(10-17)25-13-21-22-23-25/h1-3,10-11,13-15H,4-9,12H2. The molecule has 0 spiro atoms. The average Bonchev–Trinajstić information content (AvgIpc) is 3.47. The fraction of sp³-hybridized carbons (Fsp3) is 0.421. The van der Waals surface area contributed by atoms with Gasteiger partial charge in [0.25, 0.3) is 0 Å². The van der Waals surface area contributed by atoms with Crippen LogP contribution in [0.25, 0.3) is 5.69 Å². The molecule has 1 amide bonds. The van der Waals surface area contributed by atoms with Crippen LogP contribution in [0.3, 0.4) is 0 Å². The van der Waals surface area contributed by atoms with Gasteiger partial charge in [0.1, 0.15) is 18.7 Å². The van der Waals surface area contributed by atoms with E-state index in [9.17, 15) is 4.79 Å². The van der Waals surface area contributed by atoms with Gasteiger partial charge in [-0.1, -0.05) is 6.07 Å². The highest BCUT2D eigenvalue weighted by Gasteiger charge is 2.23. The summed E-state index contributed by atoms with van der Waals surface area (Å²) in [6, 6.07) is 7.68. The average molecular weight is 414 g/mol. The molecule has 10 heteroatoms. The minimum absolute atomic E-state index is 0.243. The fourth-order valence-electron chi connectivity index (χ4n) is 3.28. The molecule has 152 valence electrons. The Bertz CT molecular complexity index is 895. The van der Waals surface area contributed by atoms with E-state index in [1.165, 1.54) is 11.3 Å². The zero-order valence-electron chi connectivity index (χ0n) is 15.9. The van der Waals surface area contributed by atoms with E-state index in [1.807, 2.05) is 24.3 Å². The summed E-state index contributed by atoms with van der Waals surface area (Å²) in [6.45, 7) is 2.38. The minimum Gasteiger partial charge on any atom is -0.494 e. The van der Waals surface area contributed by atoms with Crippen molar-refractivity contribution in [2.75, 3.05) is 19.7 Å². The lowest BCUT2D eigenvalue weighted by atomic mass is 9.94. The van der Waals surface area contributed by atoms with Crippen molar-refractivity contribution in [1.29, 1.82) is 0 Å². The smallest absolute Gasteiger partial charge is 0.410 e. The summed E-state index contributed by atoms with van der Waals surface area (Å²) in [4.78, 5) is 18.9. The van der Waals surface area contributed by atoms with Crippen LogP contribution < -0.4 is 4.74 Å². The first-order valence-electron chi connectivity index (χ1n) is 9.53. The third-order valence-corrected chi connectivity index (χ3v) is 5.67. The number of likely N-dealkylation sites (tertiary alicyclic amines) is 1. The second kappa shape index (κ2) is 9.46. The maximum absolute atomic E-state index is 12.2. The van der Waals surface area contributed by atoms with E-state index in [0.29, 0.717) is 19.1 Å². The van der Waals surface area contributed by atoms with Gasteiger partial charge in [0.15, 0.2) is 0 Å². The normalized spacial score (nSPS) is 14.7. The molecule has 3 heterocycles. The van der Waals surface area contributed by atoms with Gasteiger partial charge >= 0.3 is 6.09 Å². The Morgan fingerprint density at radius 1 is 1.28 bits per heavy atom. The quantitative estimate of drug-likeness (QED) is 0.586. The number of amides is 1. The highest BCUT2D eigenvalue weighted by atomic mass is 32.1. The lowest BCUT2D eigenvalue weighted by Crippen LogP contribution is -2.39. The molecular formula is C19H22N6O3S. The van der Waals surface area contributed by atoms with Crippen LogP contribution in [0, 0.1) is 5.92 Å². The number of rotatable bonds is 7. The Labute approximate surface area is 172 Å². The van der Waals surface area contributed by atoms with Crippen LogP contribution >= 0.6 is 11.3 Å². The number of tetrazole rings is 1. The number of carbonyl (C=O) groups excluding carboxylic acids is 1. The zero-order valence-corrected chi connectivity index (χ0v) is 16.7. The van der Waals surface area contributed by atoms with Crippen LogP contribution in [0.5, 0.6) is 5.75 Å². The van der Waals surface area contributed by atoms with Gasteiger partial charge in [0, 0.05) is 25.4 Å². The molecule has 0 saturated carbocycles. The number of ether oxygens (including phenoxy) is 2. The van der Waals surface area contributed by atoms with Gasteiger partial charge < -0.3 is 14.4 Å². The largest absolute Gasteiger partial charge is 0.494 e. The first kappa shape index (κ1) is 19.3. The molecule has 1 saturated heterocycles. The number of piperidine rings is 1. The molecule has 2 aromatic heterocycles. The van der Waals surface area contributed by atoms with E-state index < -0.39 is 0 Å². The minimum atomic E-state index is -0.243. The predicted molar refractivity (Wildman–Crippen MR) is 106 cm³/mol. The van der Waals surface area contributed by atoms with E-state index in [4.69, 9.17) is 9.47 Å². The van der Waals surface area contributed by atoms with Gasteiger partial charge in [-0.2, -0.15) is 0 Å². The van der Waals surface area contributed by atoms with Crippen molar-refractivity contribution in [2.24, 2.45) is 5.92 Å². The Morgan fingerprint density at radius 3 is 2.93 bits per heavy atom. The Balaban J connectivity index is 1.17. The molecule has 0 atom stereocenters. The topological polar surface area (TPSA) is 95.3 Å². The molecular weight excluding hydrogens is 392 g/mol. The molecule has 1 aliphatic heterocycles. The second-order valence-electron chi connectivity index (χ2n) is 6.84. The predicted octanol–water partition coefficient (Wildman–Crippen LogP) is 2.94. The van der Waals surface area contributed by atoms with Crippen molar-refractivity contribution < 1.29 is 14.3 Å². The SMILES string of the molecule is O=C(OCc1cncs1)N1CCC(CCOc2cccc(-n3cnnn3)c2)CC1. The van der Waals surface area contributed by atoms with Crippen molar-refractivity contribution in [2.45, 2.75) is 25.9 Å². The summed E-state index contributed by atoms with van der Waals surface area (Å²) in [7, 11) is 0. The number of thiazole rings is 1. The van der Waals surface area contributed by atoms with Crippen LogP contribution in [0.15, 0.2) is 42.3 Å². The number of hydrogen-bond acceptors (Lipinski definition) is 8. The number of benzene rings is 1. The molecule has 0 bridgehead atoms. The molecule has 29 heavy (non-hydrogen) atoms. The molecule has 3 aromatic rings. The van der Waals surface area contributed by atoms with E-state index in [2.05, 4.69) is 20.5 Å². The molecule has 1 aliphatic rings. The van der Waals surface area contributed by atoms with Crippen LogP contribution in [0.2, 0.25) is 0 Å². The maximum Gasteiger partial charge on any atom is 0.410 e. The van der Waals surface area contributed by atoms with Gasteiger partial charge in [0.05, 0.1) is 22.7 Å². The van der Waals surface area contributed by atoms with Crippen LogP contribution in [0.4, 0.5) is 4.79 Å². The van der Waals surface area contributed by atoms with E-state index in [-0.39, 0.29) is 6.09 Å². The lowest BCUT2D eigenvalue weighted by Gasteiger charge is -2.31. The van der Waals surface area contributed by atoms with Crippen molar-refractivity contribution in [3.05, 3.63) is 47.2 Å². The summed E-state index contributed by atoms with van der Waals surface area (Å²) >= 11 is 1.49. The van der Waals surface area contributed by atoms with Crippen molar-refractivity contribution >= 4 is 17.4 Å². The zero-order chi connectivity index (χ0) is 19.9. The van der Waals surface area contributed by atoms with Crippen LogP contribution in [0.1, 0.15) is 24.1 Å². The highest BCUT2D eigenvalue weighted by Crippen LogP contribution is 2.23. The van der Waals surface area contributed by atoms with Gasteiger partial charge in [-0.25, -0.2) is 9.48 Å². The summed E-state index contributed by atoms with van der Waals surface area (Å²) < 4.78 is 12.9. The molecule has 9 nitrogen and oxygen atoms in total. The van der Waals surface area contributed by atoms with E-state index in [0.717, 1.165) is 48.7 Å². The summed E-state index contributed by atoms with van der Waals surface area (Å²) in [6.07, 6.45) is 5.91. The first-order chi connectivity index (χ1) is 14.3.